The number of halogens is 2. The van der Waals surface area contributed by atoms with E-state index in [0.29, 0.717) is 80.8 Å². The Balaban J connectivity index is 0.000000146. The van der Waals surface area contributed by atoms with Crippen molar-refractivity contribution in [2.75, 3.05) is 107 Å². The molecule has 15 rings (SSSR count). The number of carbonyl (C=O) groups excluding carboxylic acids is 7. The zero-order valence-corrected chi connectivity index (χ0v) is 55.7. The van der Waals surface area contributed by atoms with E-state index in [9.17, 15) is 14.4 Å². The summed E-state index contributed by atoms with van der Waals surface area (Å²) in [4.78, 5) is 96.3. The predicted molar refractivity (Wildman–Crippen MR) is 375 cm³/mol. The molecule has 5 aliphatic rings. The maximum Gasteiger partial charge on any atom is 0.373 e. The van der Waals surface area contributed by atoms with Crippen molar-refractivity contribution in [1.82, 2.24) is 24.9 Å². The highest BCUT2D eigenvalue weighted by atomic mass is 79.9. The highest BCUT2D eigenvalue weighted by Gasteiger charge is 2.29. The number of aryl methyl sites for hydroxylation is 1. The lowest BCUT2D eigenvalue weighted by molar-refractivity contribution is -0.193. The summed E-state index contributed by atoms with van der Waals surface area (Å²) in [5, 5.41) is 14.9. The average Bonchev–Trinajstić information content (AvgIpc) is 0.818. The van der Waals surface area contributed by atoms with E-state index in [2.05, 4.69) is 115 Å². The van der Waals surface area contributed by atoms with Crippen LogP contribution in [0.2, 0.25) is 0 Å². The molecule has 27 heteroatoms. The summed E-state index contributed by atoms with van der Waals surface area (Å²) >= 11 is 6.66. The molecular formula is C71H63Br2N13O12. The third-order valence-electron chi connectivity index (χ3n) is 14.1. The fourth-order valence-corrected chi connectivity index (χ4v) is 10.3. The monoisotopic (exact) mass is 1450 g/mol. The van der Waals surface area contributed by atoms with Crippen LogP contribution in [-0.2, 0) is 19.2 Å². The summed E-state index contributed by atoms with van der Waals surface area (Å²) in [6, 6.07) is 57.0. The van der Waals surface area contributed by atoms with Crippen molar-refractivity contribution in [3.05, 3.63) is 227 Å². The van der Waals surface area contributed by atoms with E-state index in [1.807, 2.05) is 158 Å². The van der Waals surface area contributed by atoms with Crippen LogP contribution in [0.4, 0.5) is 60.5 Å². The molecule has 98 heavy (non-hydrogen) atoms. The average molecular weight is 1450 g/mol. The number of anilines is 8. The zero-order chi connectivity index (χ0) is 68.9. The Morgan fingerprint density at radius 2 is 0.755 bits per heavy atom. The number of pyridine rings is 5. The second-order valence-corrected chi connectivity index (χ2v) is 22.6. The van der Waals surface area contributed by atoms with Gasteiger partial charge < -0.3 is 50.3 Å². The minimum absolute atomic E-state index is 0.212. The van der Waals surface area contributed by atoms with Crippen LogP contribution in [0.1, 0.15) is 5.56 Å². The van der Waals surface area contributed by atoms with Crippen LogP contribution in [0, 0.1) is 6.92 Å². The lowest BCUT2D eigenvalue weighted by atomic mass is 10.1. The molecule has 0 unspecified atom stereocenters. The number of rotatable bonds is 5. The zero-order valence-electron chi connectivity index (χ0n) is 52.5. The van der Waals surface area contributed by atoms with Gasteiger partial charge in [0.15, 0.2) is 57.8 Å². The van der Waals surface area contributed by atoms with Gasteiger partial charge >= 0.3 is 30.4 Å². The molecule has 0 fully saturated rings. The van der Waals surface area contributed by atoms with Crippen molar-refractivity contribution in [2.24, 2.45) is 0 Å². The van der Waals surface area contributed by atoms with E-state index in [1.165, 1.54) is 5.56 Å². The van der Waals surface area contributed by atoms with Gasteiger partial charge in [-0.3, -0.25) is 14.7 Å². The third kappa shape index (κ3) is 20.3. The molecule has 5 aromatic heterocycles. The smallest absolute Gasteiger partial charge is 0.373 e. The largest absolute Gasteiger partial charge is 0.488 e. The van der Waals surface area contributed by atoms with Gasteiger partial charge in [0, 0.05) is 68.1 Å². The Kier molecular flexibility index (Phi) is 26.2. The first-order valence-electron chi connectivity index (χ1n) is 30.3. The Hall–Kier alpha value is -12.0. The fourth-order valence-electron chi connectivity index (χ4n) is 9.66. The molecule has 5 N–H and O–H groups in total. The Morgan fingerprint density at radius 3 is 1.19 bits per heavy atom. The third-order valence-corrected chi connectivity index (χ3v) is 15.0. The lowest BCUT2D eigenvalue weighted by Gasteiger charge is -2.28. The summed E-state index contributed by atoms with van der Waals surface area (Å²) in [6.07, 6.45) is 9.20. The maximum absolute atomic E-state index is 12.6. The summed E-state index contributed by atoms with van der Waals surface area (Å²) in [5.41, 5.74) is 7.52. The quantitative estimate of drug-likeness (QED) is 0.107. The van der Waals surface area contributed by atoms with Gasteiger partial charge in [-0.25, -0.2) is 39.3 Å². The van der Waals surface area contributed by atoms with Gasteiger partial charge in [0.2, 0.25) is 0 Å². The number of hydrogen-bond donors (Lipinski definition) is 5. The van der Waals surface area contributed by atoms with Crippen molar-refractivity contribution in [3.8, 4) is 51.0 Å². The number of carbonyl (C=O) groups is 3. The normalized spacial score (nSPS) is 12.7. The first-order valence-corrected chi connectivity index (χ1v) is 31.9. The molecule has 0 saturated carbocycles. The van der Waals surface area contributed by atoms with Crippen molar-refractivity contribution >= 4 is 108 Å². The number of fused-ring (bicyclic) bond motifs is 5. The number of hydrogen-bond acceptors (Lipinski definition) is 19. The van der Waals surface area contributed by atoms with Gasteiger partial charge in [0.1, 0.15) is 33.0 Å². The van der Waals surface area contributed by atoms with Crippen LogP contribution in [0.3, 0.4) is 0 Å². The van der Waals surface area contributed by atoms with Gasteiger partial charge in [-0.1, -0.05) is 115 Å². The van der Waals surface area contributed by atoms with E-state index in [0.717, 1.165) is 91.1 Å². The molecule has 6 amide bonds. The predicted octanol–water partition coefficient (Wildman–Crippen LogP) is 13.3. The minimum Gasteiger partial charge on any atom is -0.488 e. The van der Waals surface area contributed by atoms with Crippen molar-refractivity contribution in [1.29, 1.82) is 0 Å². The van der Waals surface area contributed by atoms with Crippen LogP contribution in [0.5, 0.6) is 28.7 Å². The van der Waals surface area contributed by atoms with E-state index >= 15 is 0 Å². The number of ether oxygens (including phenoxy) is 5. The van der Waals surface area contributed by atoms with Gasteiger partial charge in [0.05, 0.1) is 32.7 Å². The SMILES string of the molecule is Brc1cnc2c(c1)OCCN2.Cc1ccc(-c2cnc3c(c2)OCCN3C(=O)Nc2ccccc2)cc1.O=C(Nc1ccccc1)N1CCOc2cc(-c3ccccc3)cnc21.O=C(Nc1ccccc1)N1CCOc2cc(Br)cnc21.O=C=O.O=C=O.c1cnc2c(c1)OCCN2. The molecule has 5 aliphatic heterocycles. The number of para-hydroxylation sites is 3. The first-order chi connectivity index (χ1) is 47.9. The molecule has 0 saturated heterocycles. The molecule has 0 radical (unpaired) electrons. The van der Waals surface area contributed by atoms with Gasteiger partial charge in [-0.2, -0.15) is 19.2 Å². The molecule has 0 atom stereocenters. The number of amides is 6. The van der Waals surface area contributed by atoms with Crippen LogP contribution < -0.4 is 65.0 Å². The molecule has 0 aliphatic carbocycles. The Labute approximate surface area is 579 Å². The number of aromatic nitrogens is 5. The highest BCUT2D eigenvalue weighted by molar-refractivity contribution is 9.10. The summed E-state index contributed by atoms with van der Waals surface area (Å²) < 4.78 is 29.4. The number of nitrogens with zero attached hydrogens (tertiary/aromatic N) is 8. The molecular weight excluding hydrogens is 1390 g/mol. The van der Waals surface area contributed by atoms with Crippen LogP contribution in [0.25, 0.3) is 22.3 Å². The van der Waals surface area contributed by atoms with Crippen molar-refractivity contribution in [2.45, 2.75) is 6.92 Å². The lowest BCUT2D eigenvalue weighted by Crippen LogP contribution is -2.41. The Morgan fingerprint density at radius 1 is 0.398 bits per heavy atom. The summed E-state index contributed by atoms with van der Waals surface area (Å²) in [6.45, 7) is 7.92. The minimum atomic E-state index is -0.212. The second-order valence-electron chi connectivity index (χ2n) is 20.8. The van der Waals surface area contributed by atoms with Crippen molar-refractivity contribution in [3.63, 3.8) is 0 Å². The van der Waals surface area contributed by atoms with E-state index < -0.39 is 0 Å². The molecule has 5 aromatic carbocycles. The summed E-state index contributed by atoms with van der Waals surface area (Å²) in [7, 11) is 0. The van der Waals surface area contributed by atoms with E-state index in [1.54, 1.807) is 45.7 Å². The first kappa shape index (κ1) is 70.3. The van der Waals surface area contributed by atoms with Crippen LogP contribution in [0.15, 0.2) is 222 Å². The standard InChI is InChI=1S/C21H19N3O2.C20H17N3O2.C14H12BrN3O2.C7H7BrN2O.C7H8N2O.2CO2/c1-15-7-9-16(10-8-15)17-13-19-20(22-14-17)24(11-12-26-19)21(25)23-18-5-3-2-4-6-18;24-20(22-17-9-5-2-6-10-17)23-11-12-25-18-13-16(14-21-19(18)23)15-7-3-1-4-8-15;15-10-8-12-13(16-9-10)18(6-7-20-12)14(19)17-11-4-2-1-3-5-11;8-5-3-6-7(10-4-5)9-1-2-11-6;1-2-6-7(8-3-1)9-4-5-10-6;2*2-1-3/h2-10,13-14H,11-12H2,1H3,(H,23,25);1-10,13-14H,11-12H2,(H,22,24);1-5,8-9H,6-7H2,(H,17,19);3-4H,1-2H2,(H,9,10);1-3H,4-5H2,(H,8,9);;. The molecule has 0 spiro atoms. The molecule has 10 heterocycles. The summed E-state index contributed by atoms with van der Waals surface area (Å²) in [5.74, 6) is 6.84. The fraction of sp³-hybridized carbons (Fsp3) is 0.155. The highest BCUT2D eigenvalue weighted by Crippen LogP contribution is 2.37. The topological polar surface area (TPSA) is 300 Å². The molecule has 498 valence electrons. The van der Waals surface area contributed by atoms with Crippen LogP contribution >= 0.6 is 31.9 Å². The van der Waals surface area contributed by atoms with Crippen molar-refractivity contribution < 1.29 is 57.2 Å². The van der Waals surface area contributed by atoms with Gasteiger partial charge in [0.25, 0.3) is 0 Å². The van der Waals surface area contributed by atoms with E-state index in [-0.39, 0.29) is 30.4 Å². The molecule has 25 nitrogen and oxygen atoms in total. The number of nitrogens with one attached hydrogen (secondary N) is 5. The van der Waals surface area contributed by atoms with Gasteiger partial charge in [-0.05, 0) is 123 Å². The van der Waals surface area contributed by atoms with Gasteiger partial charge in [-0.15, -0.1) is 0 Å². The molecule has 10 aromatic rings. The number of benzene rings is 5. The molecule has 0 bridgehead atoms. The second kappa shape index (κ2) is 36.6. The van der Waals surface area contributed by atoms with Crippen LogP contribution in [-0.4, -0.2) is 121 Å². The Bertz CT molecular complexity index is 4300. The maximum atomic E-state index is 12.6. The number of urea groups is 3. The van der Waals surface area contributed by atoms with E-state index in [4.69, 9.17) is 42.9 Å².